The first-order valence-electron chi connectivity index (χ1n) is 6.59. The van der Waals surface area contributed by atoms with E-state index in [0.717, 1.165) is 6.42 Å². The van der Waals surface area contributed by atoms with Crippen molar-refractivity contribution in [3.05, 3.63) is 10.1 Å². The molecule has 2 atom stereocenters. The molecule has 116 valence electrons. The van der Waals surface area contributed by atoms with Crippen molar-refractivity contribution in [1.29, 1.82) is 0 Å². The molecule has 0 saturated heterocycles. The second-order valence-electron chi connectivity index (χ2n) is 4.98. The molecule has 0 radical (unpaired) electrons. The largest absolute Gasteiger partial charge is 0.481 e. The Morgan fingerprint density at radius 3 is 2.35 bits per heavy atom. The second-order valence-corrected chi connectivity index (χ2v) is 4.98. The number of carbonyl (C=O) groups is 2. The van der Waals surface area contributed by atoms with Gasteiger partial charge < -0.3 is 15.3 Å². The highest BCUT2D eigenvalue weighted by molar-refractivity contribution is 5.81. The maximum Gasteiger partial charge on any atom is 0.308 e. The number of hydrogen-bond donors (Lipinski definition) is 2. The van der Waals surface area contributed by atoms with Gasteiger partial charge in [0.15, 0.2) is 6.10 Å². The maximum atomic E-state index is 11.6. The first kappa shape index (κ1) is 18.1. The molecule has 0 aromatic carbocycles. The van der Waals surface area contributed by atoms with Gasteiger partial charge in [0.05, 0.1) is 5.92 Å². The molecule has 8 nitrogen and oxygen atoms in total. The lowest BCUT2D eigenvalue weighted by atomic mass is 9.98. The molecule has 0 heterocycles. The Kier molecular flexibility index (Phi) is 8.26. The van der Waals surface area contributed by atoms with E-state index in [1.807, 2.05) is 13.8 Å². The van der Waals surface area contributed by atoms with Gasteiger partial charge in [0.1, 0.15) is 0 Å². The van der Waals surface area contributed by atoms with Gasteiger partial charge in [-0.25, -0.2) is 0 Å². The summed E-state index contributed by atoms with van der Waals surface area (Å²) >= 11 is 0. The van der Waals surface area contributed by atoms with Gasteiger partial charge in [0, 0.05) is 6.54 Å². The number of hydrogen-bond acceptors (Lipinski definition) is 5. The normalized spacial score (nSPS) is 13.6. The van der Waals surface area contributed by atoms with Crippen molar-refractivity contribution in [2.24, 2.45) is 11.8 Å². The quantitative estimate of drug-likeness (QED) is 0.461. The van der Waals surface area contributed by atoms with E-state index >= 15 is 0 Å². The zero-order valence-electron chi connectivity index (χ0n) is 12.0. The van der Waals surface area contributed by atoms with Crippen molar-refractivity contribution in [3.8, 4) is 0 Å². The van der Waals surface area contributed by atoms with Gasteiger partial charge >= 0.3 is 5.97 Å². The SMILES string of the molecule is CCC(O[N+](=O)[O-])C(=O)NCC(CCC(C)C)C(=O)O. The number of amides is 1. The summed E-state index contributed by atoms with van der Waals surface area (Å²) in [4.78, 5) is 37.1. The Labute approximate surface area is 117 Å². The van der Waals surface area contributed by atoms with Crippen molar-refractivity contribution >= 4 is 11.9 Å². The monoisotopic (exact) mass is 290 g/mol. The van der Waals surface area contributed by atoms with Crippen LogP contribution in [0.4, 0.5) is 0 Å². The first-order chi connectivity index (χ1) is 9.27. The lowest BCUT2D eigenvalue weighted by molar-refractivity contribution is -0.764. The van der Waals surface area contributed by atoms with E-state index in [0.29, 0.717) is 12.3 Å². The van der Waals surface area contributed by atoms with Gasteiger partial charge in [0.2, 0.25) is 5.91 Å². The van der Waals surface area contributed by atoms with Crippen LogP contribution in [0.25, 0.3) is 0 Å². The molecule has 0 fully saturated rings. The molecule has 0 aliphatic heterocycles. The molecule has 0 aromatic heterocycles. The molecular weight excluding hydrogens is 268 g/mol. The summed E-state index contributed by atoms with van der Waals surface area (Å²) in [5.41, 5.74) is 0. The summed E-state index contributed by atoms with van der Waals surface area (Å²) < 4.78 is 0. The Morgan fingerprint density at radius 1 is 1.35 bits per heavy atom. The summed E-state index contributed by atoms with van der Waals surface area (Å²) in [6, 6.07) is 0. The minimum absolute atomic E-state index is 0.0571. The third-order valence-corrected chi connectivity index (χ3v) is 2.84. The fraction of sp³-hybridized carbons (Fsp3) is 0.833. The number of carboxylic acids is 1. The topological polar surface area (TPSA) is 119 Å². The van der Waals surface area contributed by atoms with Crippen LogP contribution >= 0.6 is 0 Å². The predicted molar refractivity (Wildman–Crippen MR) is 70.4 cm³/mol. The van der Waals surface area contributed by atoms with Crippen molar-refractivity contribution in [2.45, 2.75) is 46.1 Å². The molecule has 8 heteroatoms. The lowest BCUT2D eigenvalue weighted by Gasteiger charge is -2.17. The average Bonchev–Trinajstić information content (AvgIpc) is 2.34. The van der Waals surface area contributed by atoms with Gasteiger partial charge in [-0.1, -0.05) is 27.2 Å². The maximum absolute atomic E-state index is 11.6. The molecule has 0 aliphatic rings. The summed E-state index contributed by atoms with van der Waals surface area (Å²) in [5, 5.41) is 20.6. The van der Waals surface area contributed by atoms with Crippen LogP contribution in [-0.4, -0.2) is 34.7 Å². The molecule has 0 spiro atoms. The molecule has 0 rings (SSSR count). The van der Waals surface area contributed by atoms with Crippen LogP contribution in [0.3, 0.4) is 0 Å². The minimum Gasteiger partial charge on any atom is -0.481 e. The predicted octanol–water partition coefficient (Wildman–Crippen LogP) is 1.23. The number of nitrogens with zero attached hydrogens (tertiary/aromatic N) is 1. The molecule has 0 saturated carbocycles. The average molecular weight is 290 g/mol. The molecule has 2 unspecified atom stereocenters. The highest BCUT2D eigenvalue weighted by Gasteiger charge is 2.23. The lowest BCUT2D eigenvalue weighted by Crippen LogP contribution is -2.41. The summed E-state index contributed by atoms with van der Waals surface area (Å²) in [6.45, 7) is 5.48. The number of nitrogens with one attached hydrogen (secondary N) is 1. The zero-order chi connectivity index (χ0) is 15.7. The van der Waals surface area contributed by atoms with Gasteiger partial charge in [-0.15, -0.1) is 10.1 Å². The smallest absolute Gasteiger partial charge is 0.308 e. The summed E-state index contributed by atoms with van der Waals surface area (Å²) in [6.07, 6.45) is 0.108. The molecular formula is C12H22N2O6. The number of carboxylic acid groups (broad SMARTS) is 1. The second kappa shape index (κ2) is 9.11. The fourth-order valence-corrected chi connectivity index (χ4v) is 1.60. The van der Waals surface area contributed by atoms with Crippen molar-refractivity contribution in [1.82, 2.24) is 5.32 Å². The molecule has 0 aliphatic carbocycles. The number of aliphatic carboxylic acids is 1. The molecule has 2 N–H and O–H groups in total. The van der Waals surface area contributed by atoms with E-state index in [-0.39, 0.29) is 13.0 Å². The zero-order valence-corrected chi connectivity index (χ0v) is 12.0. The van der Waals surface area contributed by atoms with Crippen LogP contribution in [-0.2, 0) is 14.4 Å². The van der Waals surface area contributed by atoms with Crippen LogP contribution in [0, 0.1) is 22.0 Å². The minimum atomic E-state index is -1.20. The van der Waals surface area contributed by atoms with Crippen LogP contribution in [0.2, 0.25) is 0 Å². The standard InChI is InChI=1S/C12H22N2O6/c1-4-10(20-14(18)19)11(15)13-7-9(12(16)17)6-5-8(2)3/h8-10H,4-7H2,1-3H3,(H,13,15)(H,16,17). The highest BCUT2D eigenvalue weighted by Crippen LogP contribution is 2.12. The van der Waals surface area contributed by atoms with Crippen molar-refractivity contribution in [3.63, 3.8) is 0 Å². The Morgan fingerprint density at radius 2 is 1.95 bits per heavy atom. The Hall–Kier alpha value is -1.86. The van der Waals surface area contributed by atoms with Crippen LogP contribution < -0.4 is 5.32 Å². The van der Waals surface area contributed by atoms with Crippen molar-refractivity contribution in [2.75, 3.05) is 6.54 Å². The van der Waals surface area contributed by atoms with E-state index in [1.54, 1.807) is 6.92 Å². The third-order valence-electron chi connectivity index (χ3n) is 2.84. The van der Waals surface area contributed by atoms with E-state index < -0.39 is 29.0 Å². The van der Waals surface area contributed by atoms with E-state index in [2.05, 4.69) is 10.2 Å². The van der Waals surface area contributed by atoms with Crippen molar-refractivity contribution < 1.29 is 24.6 Å². The molecule has 0 aromatic rings. The highest BCUT2D eigenvalue weighted by atomic mass is 17.0. The summed E-state index contributed by atoms with van der Waals surface area (Å²) in [7, 11) is 0. The van der Waals surface area contributed by atoms with Gasteiger partial charge in [0.25, 0.3) is 5.09 Å². The molecule has 20 heavy (non-hydrogen) atoms. The first-order valence-corrected chi connectivity index (χ1v) is 6.59. The van der Waals surface area contributed by atoms with E-state index in [9.17, 15) is 19.7 Å². The third kappa shape index (κ3) is 7.55. The molecule has 1 amide bonds. The van der Waals surface area contributed by atoms with E-state index in [1.165, 1.54) is 0 Å². The number of carbonyl (C=O) groups excluding carboxylic acids is 1. The van der Waals surface area contributed by atoms with E-state index in [4.69, 9.17) is 5.11 Å². The van der Waals surface area contributed by atoms with Gasteiger partial charge in [-0.05, 0) is 18.8 Å². The van der Waals surface area contributed by atoms with Crippen LogP contribution in [0.5, 0.6) is 0 Å². The summed E-state index contributed by atoms with van der Waals surface area (Å²) in [5.74, 6) is -1.99. The van der Waals surface area contributed by atoms with Gasteiger partial charge in [-0.3, -0.25) is 9.59 Å². The Bertz CT molecular complexity index is 345. The van der Waals surface area contributed by atoms with Crippen LogP contribution in [0.15, 0.2) is 0 Å². The van der Waals surface area contributed by atoms with Gasteiger partial charge in [-0.2, -0.15) is 0 Å². The Balaban J connectivity index is 4.34. The number of rotatable bonds is 10. The fourth-order valence-electron chi connectivity index (χ4n) is 1.60. The van der Waals surface area contributed by atoms with Crippen LogP contribution in [0.1, 0.15) is 40.0 Å². The molecule has 0 bridgehead atoms.